The van der Waals surface area contributed by atoms with E-state index in [-0.39, 0.29) is 0 Å². The van der Waals surface area contributed by atoms with Gasteiger partial charge in [0.2, 0.25) is 0 Å². The summed E-state index contributed by atoms with van der Waals surface area (Å²) in [5, 5.41) is 10.7. The third-order valence-corrected chi connectivity index (χ3v) is 3.46. The number of rotatable bonds is 9. The van der Waals surface area contributed by atoms with Crippen molar-refractivity contribution in [2.24, 2.45) is 4.99 Å². The van der Waals surface area contributed by atoms with Crippen LogP contribution in [0.4, 0.5) is 0 Å². The van der Waals surface area contributed by atoms with E-state index in [1.165, 1.54) is 0 Å². The van der Waals surface area contributed by atoms with E-state index in [0.29, 0.717) is 13.2 Å². The molecule has 0 saturated carbocycles. The number of aliphatic imine (C=N–C) groups is 1. The number of aromatic nitrogens is 2. The van der Waals surface area contributed by atoms with Crippen molar-refractivity contribution in [1.29, 1.82) is 0 Å². The minimum atomic E-state index is 0.600. The molecule has 0 fully saturated rings. The Balaban J connectivity index is 1.68. The Bertz CT molecular complexity index is 610. The van der Waals surface area contributed by atoms with Crippen LogP contribution in [0.15, 0.2) is 47.7 Å². The third-order valence-electron chi connectivity index (χ3n) is 3.46. The second kappa shape index (κ2) is 10.3. The molecule has 0 radical (unpaired) electrons. The molecule has 130 valence electrons. The Labute approximate surface area is 143 Å². The zero-order valence-electron chi connectivity index (χ0n) is 14.5. The van der Waals surface area contributed by atoms with Crippen LogP contribution >= 0.6 is 0 Å². The zero-order chi connectivity index (χ0) is 17.0. The van der Waals surface area contributed by atoms with Gasteiger partial charge in [-0.15, -0.1) is 0 Å². The summed E-state index contributed by atoms with van der Waals surface area (Å²) in [5.41, 5.74) is 1.15. The number of ether oxygens (including phenoxy) is 1. The topological polar surface area (TPSA) is 63.5 Å². The summed E-state index contributed by atoms with van der Waals surface area (Å²) in [5.74, 6) is 1.76. The number of hydrogen-bond donors (Lipinski definition) is 2. The van der Waals surface area contributed by atoms with Gasteiger partial charge >= 0.3 is 0 Å². The van der Waals surface area contributed by atoms with Crippen LogP contribution in [-0.4, -0.2) is 42.0 Å². The van der Waals surface area contributed by atoms with E-state index in [0.717, 1.165) is 43.3 Å². The van der Waals surface area contributed by atoms with Gasteiger partial charge < -0.3 is 15.4 Å². The molecule has 2 rings (SSSR count). The molecule has 24 heavy (non-hydrogen) atoms. The Kier molecular flexibility index (Phi) is 7.67. The predicted octanol–water partition coefficient (Wildman–Crippen LogP) is 2.22. The van der Waals surface area contributed by atoms with Gasteiger partial charge in [0, 0.05) is 32.0 Å². The quantitative estimate of drug-likeness (QED) is 0.421. The van der Waals surface area contributed by atoms with Crippen LogP contribution < -0.4 is 15.4 Å². The van der Waals surface area contributed by atoms with E-state index in [2.05, 4.69) is 27.6 Å². The SMILES string of the molecule is CCNC(=NCCCn1cccn1)NCCOc1ccccc1C. The van der Waals surface area contributed by atoms with Crippen LogP contribution in [0.3, 0.4) is 0 Å². The number of nitrogens with zero attached hydrogens (tertiary/aromatic N) is 3. The molecule has 0 saturated heterocycles. The standard InChI is InChI=1S/C18H27N5O/c1-3-19-18(20-10-6-13-23-14-7-11-22-23)21-12-15-24-17-9-5-4-8-16(17)2/h4-5,7-9,11,14H,3,6,10,12-13,15H2,1-2H3,(H2,19,20,21). The van der Waals surface area contributed by atoms with Gasteiger partial charge in [-0.1, -0.05) is 18.2 Å². The first-order chi connectivity index (χ1) is 11.8. The molecule has 0 bridgehead atoms. The molecule has 0 aliphatic carbocycles. The maximum absolute atomic E-state index is 5.78. The monoisotopic (exact) mass is 329 g/mol. The fraction of sp³-hybridized carbons (Fsp3) is 0.444. The average Bonchev–Trinajstić information content (AvgIpc) is 3.10. The third kappa shape index (κ3) is 6.32. The first-order valence-electron chi connectivity index (χ1n) is 8.47. The Morgan fingerprint density at radius 3 is 2.88 bits per heavy atom. The lowest BCUT2D eigenvalue weighted by Crippen LogP contribution is -2.39. The molecule has 1 aromatic carbocycles. The second-order valence-corrected chi connectivity index (χ2v) is 5.42. The van der Waals surface area contributed by atoms with Gasteiger partial charge in [-0.2, -0.15) is 5.10 Å². The maximum Gasteiger partial charge on any atom is 0.191 e. The van der Waals surface area contributed by atoms with Crippen LogP contribution in [0.1, 0.15) is 18.9 Å². The molecule has 2 N–H and O–H groups in total. The van der Waals surface area contributed by atoms with Gasteiger partial charge in [0.1, 0.15) is 12.4 Å². The summed E-state index contributed by atoms with van der Waals surface area (Å²) in [6.45, 7) is 7.89. The highest BCUT2D eigenvalue weighted by molar-refractivity contribution is 5.79. The van der Waals surface area contributed by atoms with Crippen molar-refractivity contribution in [1.82, 2.24) is 20.4 Å². The van der Waals surface area contributed by atoms with Gasteiger partial charge in [0.05, 0.1) is 6.54 Å². The van der Waals surface area contributed by atoms with Gasteiger partial charge in [-0.3, -0.25) is 9.67 Å². The highest BCUT2D eigenvalue weighted by atomic mass is 16.5. The van der Waals surface area contributed by atoms with Crippen molar-refractivity contribution in [2.45, 2.75) is 26.8 Å². The van der Waals surface area contributed by atoms with Crippen molar-refractivity contribution < 1.29 is 4.74 Å². The average molecular weight is 329 g/mol. The van der Waals surface area contributed by atoms with Gasteiger partial charge in [-0.05, 0) is 38.0 Å². The van der Waals surface area contributed by atoms with Crippen LogP contribution in [0.25, 0.3) is 0 Å². The van der Waals surface area contributed by atoms with E-state index in [1.54, 1.807) is 6.20 Å². The number of para-hydroxylation sites is 1. The molecule has 6 nitrogen and oxygen atoms in total. The Morgan fingerprint density at radius 2 is 2.12 bits per heavy atom. The van der Waals surface area contributed by atoms with Crippen molar-refractivity contribution in [2.75, 3.05) is 26.2 Å². The molecule has 1 heterocycles. The molecule has 0 aliphatic rings. The smallest absolute Gasteiger partial charge is 0.191 e. The molecular weight excluding hydrogens is 302 g/mol. The highest BCUT2D eigenvalue weighted by Crippen LogP contribution is 2.15. The normalized spacial score (nSPS) is 11.3. The van der Waals surface area contributed by atoms with Gasteiger partial charge in [0.15, 0.2) is 5.96 Å². The molecule has 1 aromatic heterocycles. The number of aryl methyl sites for hydroxylation is 2. The molecule has 0 atom stereocenters. The first-order valence-corrected chi connectivity index (χ1v) is 8.47. The predicted molar refractivity (Wildman–Crippen MR) is 97.5 cm³/mol. The maximum atomic E-state index is 5.78. The van der Waals surface area contributed by atoms with Crippen LogP contribution in [0.5, 0.6) is 5.75 Å². The van der Waals surface area contributed by atoms with Gasteiger partial charge in [0.25, 0.3) is 0 Å². The molecule has 0 spiro atoms. The fourth-order valence-electron chi connectivity index (χ4n) is 2.25. The van der Waals surface area contributed by atoms with Crippen molar-refractivity contribution in [3.8, 4) is 5.75 Å². The minimum Gasteiger partial charge on any atom is -0.491 e. The van der Waals surface area contributed by atoms with Crippen molar-refractivity contribution in [3.63, 3.8) is 0 Å². The number of guanidine groups is 1. The summed E-state index contributed by atoms with van der Waals surface area (Å²) in [4.78, 5) is 4.57. The zero-order valence-corrected chi connectivity index (χ0v) is 14.5. The van der Waals surface area contributed by atoms with Crippen molar-refractivity contribution in [3.05, 3.63) is 48.3 Å². The van der Waals surface area contributed by atoms with E-state index < -0.39 is 0 Å². The summed E-state index contributed by atoms with van der Waals surface area (Å²) < 4.78 is 7.71. The van der Waals surface area contributed by atoms with Crippen molar-refractivity contribution >= 4 is 5.96 Å². The van der Waals surface area contributed by atoms with E-state index in [9.17, 15) is 0 Å². The van der Waals surface area contributed by atoms with E-state index in [1.807, 2.05) is 48.1 Å². The summed E-state index contributed by atoms with van der Waals surface area (Å²) in [6.07, 6.45) is 4.72. The summed E-state index contributed by atoms with van der Waals surface area (Å²) in [6, 6.07) is 9.97. The molecular formula is C18H27N5O. The molecule has 2 aromatic rings. The lowest BCUT2D eigenvalue weighted by Gasteiger charge is -2.13. The molecule has 6 heteroatoms. The van der Waals surface area contributed by atoms with E-state index >= 15 is 0 Å². The molecule has 0 amide bonds. The summed E-state index contributed by atoms with van der Waals surface area (Å²) >= 11 is 0. The Morgan fingerprint density at radius 1 is 1.25 bits per heavy atom. The minimum absolute atomic E-state index is 0.600. The van der Waals surface area contributed by atoms with E-state index in [4.69, 9.17) is 4.74 Å². The number of benzene rings is 1. The fourth-order valence-corrected chi connectivity index (χ4v) is 2.25. The van der Waals surface area contributed by atoms with Crippen LogP contribution in [-0.2, 0) is 6.54 Å². The lowest BCUT2D eigenvalue weighted by atomic mass is 10.2. The lowest BCUT2D eigenvalue weighted by molar-refractivity contribution is 0.320. The first kappa shape index (κ1) is 17.8. The van der Waals surface area contributed by atoms with Crippen LogP contribution in [0, 0.1) is 6.92 Å². The largest absolute Gasteiger partial charge is 0.491 e. The van der Waals surface area contributed by atoms with Crippen LogP contribution in [0.2, 0.25) is 0 Å². The number of hydrogen-bond acceptors (Lipinski definition) is 3. The highest BCUT2D eigenvalue weighted by Gasteiger charge is 1.99. The molecule has 0 unspecified atom stereocenters. The van der Waals surface area contributed by atoms with Gasteiger partial charge in [-0.25, -0.2) is 0 Å². The summed E-state index contributed by atoms with van der Waals surface area (Å²) in [7, 11) is 0. The second-order valence-electron chi connectivity index (χ2n) is 5.42. The Hall–Kier alpha value is -2.50. The molecule has 0 aliphatic heterocycles. The number of nitrogens with one attached hydrogen (secondary N) is 2.